The fourth-order valence-corrected chi connectivity index (χ4v) is 5.60. The van der Waals surface area contributed by atoms with E-state index in [1.54, 1.807) is 66.7 Å². The molecule has 3 aromatic carbocycles. The van der Waals surface area contributed by atoms with Gasteiger partial charge in [0.05, 0.1) is 11.0 Å². The van der Waals surface area contributed by atoms with Crippen molar-refractivity contribution in [3.63, 3.8) is 0 Å². The van der Waals surface area contributed by atoms with Crippen LogP contribution in [0.5, 0.6) is 0 Å². The maximum atomic E-state index is 14.0. The molecule has 0 aliphatic carbocycles. The highest BCUT2D eigenvalue weighted by Crippen LogP contribution is 2.31. The van der Waals surface area contributed by atoms with Gasteiger partial charge in [-0.05, 0) is 42.1 Å². The number of rotatable bonds is 11. The van der Waals surface area contributed by atoms with Gasteiger partial charge in [-0.15, -0.1) is 0 Å². The molecule has 1 heterocycles. The van der Waals surface area contributed by atoms with Gasteiger partial charge in [0.25, 0.3) is 15.9 Å². The van der Waals surface area contributed by atoms with Gasteiger partial charge < -0.3 is 10.6 Å². The highest BCUT2D eigenvalue weighted by atomic mass is 32.2. The normalized spacial score (nSPS) is 16.5. The molecule has 12 nitrogen and oxygen atoms in total. The number of benzene rings is 3. The molecule has 3 atom stereocenters. The first-order valence-electron chi connectivity index (χ1n) is 12.7. The molecule has 1 saturated heterocycles. The number of amides is 1. The number of ketones is 1. The number of nitro benzene ring substituents is 1. The van der Waals surface area contributed by atoms with Crippen molar-refractivity contribution in [3.05, 3.63) is 111 Å². The number of carbonyl (C=O) groups excluding carboxylic acids is 2. The van der Waals surface area contributed by atoms with E-state index in [4.69, 9.17) is 5.14 Å². The van der Waals surface area contributed by atoms with Gasteiger partial charge in [-0.1, -0.05) is 66.7 Å². The van der Waals surface area contributed by atoms with Gasteiger partial charge >= 0.3 is 0 Å². The van der Waals surface area contributed by atoms with Crippen LogP contribution in [0.25, 0.3) is 0 Å². The average molecular weight is 577 g/mol. The molecule has 3 aromatic rings. The van der Waals surface area contributed by atoms with Crippen LogP contribution in [-0.2, 0) is 19.8 Å². The smallest absolute Gasteiger partial charge is 0.287 e. The number of nitriles is 1. The number of hydrogen-bond donors (Lipinski definition) is 4. The summed E-state index contributed by atoms with van der Waals surface area (Å²) in [5.41, 5.74) is 0.543. The summed E-state index contributed by atoms with van der Waals surface area (Å²) in [6, 6.07) is 19.3. The number of nitrogens with one attached hydrogen (secondary N) is 3. The lowest BCUT2D eigenvalue weighted by Gasteiger charge is -2.30. The lowest BCUT2D eigenvalue weighted by molar-refractivity contribution is -0.385. The standard InChI is InChI=1S/C28H28N6O6S/c29-17-21-14-13-20(16-23(21)34(37)38)25(27(35)22-12-7-15-31-22)32-28(36)26(33-41(30,39)40)24(18-8-3-1-4-9-18)19-10-5-2-6-11-19/h1-6,8-11,13-14,16,22,24-26,31,33H,7,12,15H2,(H,32,36)(H2,30,39,40)/t22-,25?,26+/m0/s1. The van der Waals surface area contributed by atoms with Gasteiger partial charge in [0.15, 0.2) is 5.78 Å². The molecule has 1 aliphatic rings. The number of nitro groups is 1. The lowest BCUT2D eigenvalue weighted by atomic mass is 9.84. The van der Waals surface area contributed by atoms with Crippen molar-refractivity contribution in [1.29, 1.82) is 5.26 Å². The molecule has 1 amide bonds. The van der Waals surface area contributed by atoms with E-state index >= 15 is 0 Å². The Balaban J connectivity index is 1.80. The molecule has 0 bridgehead atoms. The zero-order valence-electron chi connectivity index (χ0n) is 21.8. The molecule has 41 heavy (non-hydrogen) atoms. The zero-order valence-corrected chi connectivity index (χ0v) is 22.6. The molecule has 5 N–H and O–H groups in total. The highest BCUT2D eigenvalue weighted by molar-refractivity contribution is 7.87. The third kappa shape index (κ3) is 7.19. The van der Waals surface area contributed by atoms with E-state index in [1.165, 1.54) is 12.1 Å². The first-order chi connectivity index (χ1) is 19.6. The van der Waals surface area contributed by atoms with Crippen LogP contribution in [0.3, 0.4) is 0 Å². The minimum absolute atomic E-state index is 0.0769. The third-order valence-corrected chi connectivity index (χ3v) is 7.45. The molecule has 1 aliphatic heterocycles. The summed E-state index contributed by atoms with van der Waals surface area (Å²) < 4.78 is 26.8. The second-order valence-electron chi connectivity index (χ2n) is 9.58. The summed E-state index contributed by atoms with van der Waals surface area (Å²) in [6.45, 7) is 0.574. The third-order valence-electron chi connectivity index (χ3n) is 6.87. The SMILES string of the molecule is N#Cc1ccc(C(NC(=O)[C@H](NS(N)(=O)=O)C(c2ccccc2)c2ccccc2)C(=O)[C@@H]2CCCN2)cc1[N+](=O)[O-]. The fraction of sp³-hybridized carbons (Fsp3) is 0.250. The van der Waals surface area contributed by atoms with Crippen LogP contribution in [0.15, 0.2) is 78.9 Å². The Bertz CT molecular complexity index is 1530. The zero-order chi connectivity index (χ0) is 29.6. The fourth-order valence-electron chi connectivity index (χ4n) is 5.00. The molecule has 212 valence electrons. The predicted octanol–water partition coefficient (Wildman–Crippen LogP) is 1.94. The van der Waals surface area contributed by atoms with Crippen LogP contribution in [0, 0.1) is 21.4 Å². The monoisotopic (exact) mass is 576 g/mol. The van der Waals surface area contributed by atoms with Gasteiger partial charge in [-0.2, -0.15) is 18.4 Å². The van der Waals surface area contributed by atoms with Crippen molar-refractivity contribution in [2.75, 3.05) is 6.54 Å². The topological polar surface area (TPSA) is 197 Å². The molecule has 1 unspecified atom stereocenters. The quantitative estimate of drug-likeness (QED) is 0.196. The lowest BCUT2D eigenvalue weighted by Crippen LogP contribution is -2.54. The van der Waals surface area contributed by atoms with Crippen molar-refractivity contribution < 1.29 is 22.9 Å². The molecule has 0 saturated carbocycles. The Morgan fingerprint density at radius 2 is 1.63 bits per heavy atom. The molecule has 13 heteroatoms. The van der Waals surface area contributed by atoms with Crippen LogP contribution in [0.2, 0.25) is 0 Å². The van der Waals surface area contributed by atoms with Crippen molar-refractivity contribution in [2.45, 2.75) is 36.9 Å². The highest BCUT2D eigenvalue weighted by Gasteiger charge is 2.38. The Kier molecular flexibility index (Phi) is 9.21. The van der Waals surface area contributed by atoms with Crippen molar-refractivity contribution >= 4 is 27.6 Å². The largest absolute Gasteiger partial charge is 0.341 e. The van der Waals surface area contributed by atoms with Gasteiger partial charge in [-0.3, -0.25) is 19.7 Å². The molecule has 1 fully saturated rings. The maximum Gasteiger partial charge on any atom is 0.287 e. The minimum Gasteiger partial charge on any atom is -0.341 e. The van der Waals surface area contributed by atoms with Gasteiger partial charge in [0.2, 0.25) is 5.91 Å². The first-order valence-corrected chi connectivity index (χ1v) is 14.3. The van der Waals surface area contributed by atoms with Crippen LogP contribution in [0.1, 0.15) is 47.1 Å². The number of carbonyl (C=O) groups is 2. The van der Waals surface area contributed by atoms with Crippen molar-refractivity contribution in [1.82, 2.24) is 15.4 Å². The maximum absolute atomic E-state index is 14.0. The van der Waals surface area contributed by atoms with Crippen LogP contribution in [0.4, 0.5) is 5.69 Å². The van der Waals surface area contributed by atoms with Gasteiger partial charge in [0, 0.05) is 12.0 Å². The predicted molar refractivity (Wildman–Crippen MR) is 149 cm³/mol. The van der Waals surface area contributed by atoms with E-state index < -0.39 is 56.6 Å². The van der Waals surface area contributed by atoms with Crippen LogP contribution < -0.4 is 20.5 Å². The Hall–Kier alpha value is -4.48. The summed E-state index contributed by atoms with van der Waals surface area (Å²) in [5, 5.41) is 32.0. The number of Topliss-reactive ketones (excluding diaryl/α,β-unsaturated/α-hetero) is 1. The summed E-state index contributed by atoms with van der Waals surface area (Å²) in [4.78, 5) is 38.6. The molecular formula is C28H28N6O6S. The van der Waals surface area contributed by atoms with Crippen molar-refractivity contribution in [2.24, 2.45) is 5.14 Å². The van der Waals surface area contributed by atoms with Gasteiger partial charge in [0.1, 0.15) is 23.7 Å². The minimum atomic E-state index is -4.43. The van der Waals surface area contributed by atoms with Crippen molar-refractivity contribution in [3.8, 4) is 6.07 Å². The summed E-state index contributed by atoms with van der Waals surface area (Å²) in [5.74, 6) is -2.19. The van der Waals surface area contributed by atoms with E-state index in [0.717, 1.165) is 6.07 Å². The number of nitrogens with two attached hydrogens (primary N) is 1. The average Bonchev–Trinajstić information content (AvgIpc) is 3.50. The second-order valence-corrected chi connectivity index (χ2v) is 10.9. The summed E-state index contributed by atoms with van der Waals surface area (Å²) >= 11 is 0. The van der Waals surface area contributed by atoms with E-state index in [-0.39, 0.29) is 11.1 Å². The van der Waals surface area contributed by atoms with E-state index in [9.17, 15) is 33.4 Å². The number of nitrogens with zero attached hydrogens (tertiary/aromatic N) is 2. The molecule has 0 radical (unpaired) electrons. The Morgan fingerprint density at radius 3 is 2.12 bits per heavy atom. The first kappa shape index (κ1) is 29.5. The molecular weight excluding hydrogens is 548 g/mol. The van der Waals surface area contributed by atoms with Crippen LogP contribution >= 0.6 is 0 Å². The van der Waals surface area contributed by atoms with E-state index in [1.807, 2.05) is 0 Å². The summed E-state index contributed by atoms with van der Waals surface area (Å²) in [7, 11) is -4.43. The Labute approximate surface area is 236 Å². The molecule has 0 spiro atoms. The van der Waals surface area contributed by atoms with E-state index in [0.29, 0.717) is 30.5 Å². The number of hydrogen-bond acceptors (Lipinski definition) is 8. The Morgan fingerprint density at radius 1 is 1.02 bits per heavy atom. The second kappa shape index (κ2) is 12.8. The van der Waals surface area contributed by atoms with E-state index in [2.05, 4.69) is 15.4 Å². The molecule has 0 aromatic heterocycles. The molecule has 4 rings (SSSR count). The summed E-state index contributed by atoms with van der Waals surface area (Å²) in [6.07, 6.45) is 1.20. The van der Waals surface area contributed by atoms with Gasteiger partial charge in [-0.25, -0.2) is 5.14 Å². The van der Waals surface area contributed by atoms with Crippen LogP contribution in [-0.4, -0.2) is 43.7 Å².